The molecule has 3 aromatic carbocycles. The van der Waals surface area contributed by atoms with Gasteiger partial charge in [0.05, 0.1) is 24.1 Å². The molecule has 2 amide bonds. The molecular formula is C28H25F3N2O3. The average molecular weight is 495 g/mol. The van der Waals surface area contributed by atoms with Gasteiger partial charge in [0.2, 0.25) is 5.91 Å². The Hall–Kier alpha value is -3.65. The third kappa shape index (κ3) is 4.60. The van der Waals surface area contributed by atoms with Gasteiger partial charge in [-0.1, -0.05) is 60.7 Å². The molecule has 0 radical (unpaired) electrons. The van der Waals surface area contributed by atoms with E-state index in [2.05, 4.69) is 5.32 Å². The number of aliphatic hydroxyl groups is 1. The molecular weight excluding hydrogens is 469 g/mol. The number of alkyl halides is 3. The standard InChI is InChI=1S/C28H25F3N2O3/c29-28(30,31)23-8-4-1-5-19(23)15-33-25(18-11-9-17(16-34)10-12-18)24(26(35)32-20-13-14-20)21-6-2-3-7-22(21)27(33)36/h1-12,20,24-25,34H,13-16H2,(H,32,35)/t24-,25+/m1/s1. The van der Waals surface area contributed by atoms with E-state index in [4.69, 9.17) is 0 Å². The monoisotopic (exact) mass is 494 g/mol. The Morgan fingerprint density at radius 3 is 2.31 bits per heavy atom. The molecule has 1 aliphatic heterocycles. The van der Waals surface area contributed by atoms with Gasteiger partial charge >= 0.3 is 6.18 Å². The summed E-state index contributed by atoms with van der Waals surface area (Å²) in [6.45, 7) is -0.497. The van der Waals surface area contributed by atoms with E-state index < -0.39 is 29.6 Å². The highest BCUT2D eigenvalue weighted by Gasteiger charge is 2.45. The number of aliphatic hydroxyl groups excluding tert-OH is 1. The maximum atomic E-state index is 13.8. The number of rotatable bonds is 6. The van der Waals surface area contributed by atoms with Crippen LogP contribution in [0, 0.1) is 0 Å². The van der Waals surface area contributed by atoms with Crippen LogP contribution in [0.2, 0.25) is 0 Å². The van der Waals surface area contributed by atoms with Crippen molar-refractivity contribution in [3.8, 4) is 0 Å². The Balaban J connectivity index is 1.66. The summed E-state index contributed by atoms with van der Waals surface area (Å²) < 4.78 is 41.4. The lowest BCUT2D eigenvalue weighted by Crippen LogP contribution is -2.47. The predicted molar refractivity (Wildman–Crippen MR) is 127 cm³/mol. The molecule has 0 bridgehead atoms. The molecule has 0 aromatic heterocycles. The van der Waals surface area contributed by atoms with Crippen molar-refractivity contribution in [1.82, 2.24) is 10.2 Å². The summed E-state index contributed by atoms with van der Waals surface area (Å²) in [5.41, 5.74) is 1.25. The van der Waals surface area contributed by atoms with E-state index in [0.29, 0.717) is 22.3 Å². The largest absolute Gasteiger partial charge is 0.416 e. The van der Waals surface area contributed by atoms with Gasteiger partial charge in [0.1, 0.15) is 0 Å². The highest BCUT2D eigenvalue weighted by molar-refractivity contribution is 6.01. The van der Waals surface area contributed by atoms with Crippen LogP contribution in [0.25, 0.3) is 0 Å². The van der Waals surface area contributed by atoms with Gasteiger partial charge in [-0.25, -0.2) is 0 Å². The highest BCUT2D eigenvalue weighted by atomic mass is 19.4. The molecule has 36 heavy (non-hydrogen) atoms. The van der Waals surface area contributed by atoms with Gasteiger partial charge in [-0.05, 0) is 47.2 Å². The predicted octanol–water partition coefficient (Wildman–Crippen LogP) is 4.96. The Kier molecular flexibility index (Phi) is 6.30. The van der Waals surface area contributed by atoms with Crippen LogP contribution in [0.4, 0.5) is 13.2 Å². The molecule has 1 aliphatic carbocycles. The quantitative estimate of drug-likeness (QED) is 0.509. The van der Waals surface area contributed by atoms with Crippen molar-refractivity contribution in [2.45, 2.75) is 50.2 Å². The summed E-state index contributed by atoms with van der Waals surface area (Å²) >= 11 is 0. The molecule has 8 heteroatoms. The molecule has 2 atom stereocenters. The van der Waals surface area contributed by atoms with E-state index in [9.17, 15) is 27.9 Å². The van der Waals surface area contributed by atoms with Crippen molar-refractivity contribution in [2.75, 3.05) is 0 Å². The highest BCUT2D eigenvalue weighted by Crippen LogP contribution is 2.45. The molecule has 0 saturated heterocycles. The molecule has 1 heterocycles. The van der Waals surface area contributed by atoms with Gasteiger partial charge in [-0.2, -0.15) is 13.2 Å². The number of nitrogens with zero attached hydrogens (tertiary/aromatic N) is 1. The first-order valence-corrected chi connectivity index (χ1v) is 11.8. The van der Waals surface area contributed by atoms with Gasteiger partial charge in [0.15, 0.2) is 0 Å². The van der Waals surface area contributed by atoms with Crippen molar-refractivity contribution in [3.63, 3.8) is 0 Å². The van der Waals surface area contributed by atoms with Crippen LogP contribution < -0.4 is 5.32 Å². The molecule has 5 nitrogen and oxygen atoms in total. The smallest absolute Gasteiger partial charge is 0.392 e. The lowest BCUT2D eigenvalue weighted by molar-refractivity contribution is -0.138. The van der Waals surface area contributed by atoms with Crippen LogP contribution >= 0.6 is 0 Å². The molecule has 2 N–H and O–H groups in total. The van der Waals surface area contributed by atoms with Gasteiger partial charge in [-0.15, -0.1) is 0 Å². The number of amides is 2. The van der Waals surface area contributed by atoms with Crippen LogP contribution in [0.15, 0.2) is 72.8 Å². The number of benzene rings is 3. The number of fused-ring (bicyclic) bond motifs is 1. The number of halogens is 3. The van der Waals surface area contributed by atoms with Gasteiger partial charge in [0.25, 0.3) is 5.91 Å². The first-order chi connectivity index (χ1) is 17.3. The molecule has 186 valence electrons. The molecule has 3 aromatic rings. The van der Waals surface area contributed by atoms with Gasteiger partial charge in [-0.3, -0.25) is 9.59 Å². The van der Waals surface area contributed by atoms with E-state index in [1.54, 1.807) is 48.5 Å². The van der Waals surface area contributed by atoms with Crippen molar-refractivity contribution in [1.29, 1.82) is 0 Å². The summed E-state index contributed by atoms with van der Waals surface area (Å²) in [6.07, 6.45) is -2.84. The van der Waals surface area contributed by atoms with E-state index in [1.165, 1.54) is 23.1 Å². The first-order valence-electron chi connectivity index (χ1n) is 11.8. The van der Waals surface area contributed by atoms with Crippen molar-refractivity contribution in [2.24, 2.45) is 0 Å². The average Bonchev–Trinajstić information content (AvgIpc) is 3.69. The maximum Gasteiger partial charge on any atom is 0.416 e. The Bertz CT molecular complexity index is 1290. The summed E-state index contributed by atoms with van der Waals surface area (Å²) in [6, 6.07) is 18.0. The second-order valence-corrected chi connectivity index (χ2v) is 9.28. The number of hydrogen-bond donors (Lipinski definition) is 2. The number of hydrogen-bond acceptors (Lipinski definition) is 3. The van der Waals surface area contributed by atoms with Crippen molar-refractivity contribution >= 4 is 11.8 Å². The summed E-state index contributed by atoms with van der Waals surface area (Å²) in [5, 5.41) is 12.5. The molecule has 0 unspecified atom stereocenters. The molecule has 0 spiro atoms. The van der Waals surface area contributed by atoms with Crippen LogP contribution in [0.5, 0.6) is 0 Å². The summed E-state index contributed by atoms with van der Waals surface area (Å²) in [7, 11) is 0. The minimum atomic E-state index is -4.59. The summed E-state index contributed by atoms with van der Waals surface area (Å²) in [4.78, 5) is 28.7. The van der Waals surface area contributed by atoms with Crippen LogP contribution in [0.1, 0.15) is 63.0 Å². The fourth-order valence-electron chi connectivity index (χ4n) is 4.88. The van der Waals surface area contributed by atoms with Crippen molar-refractivity contribution in [3.05, 3.63) is 106 Å². The van der Waals surface area contributed by atoms with Crippen LogP contribution in [-0.2, 0) is 24.1 Å². The molecule has 5 rings (SSSR count). The first kappa shape index (κ1) is 24.1. The molecule has 1 fully saturated rings. The SMILES string of the molecule is O=C(NC1CC1)[C@@H]1c2ccccc2C(=O)N(Cc2ccccc2C(F)(F)F)[C@H]1c1ccc(CO)cc1. The van der Waals surface area contributed by atoms with Crippen molar-refractivity contribution < 1.29 is 27.9 Å². The lowest BCUT2D eigenvalue weighted by atomic mass is 9.78. The van der Waals surface area contributed by atoms with Crippen LogP contribution in [0.3, 0.4) is 0 Å². The summed E-state index contributed by atoms with van der Waals surface area (Å²) in [5.74, 6) is -1.50. The number of carbonyl (C=O) groups excluding carboxylic acids is 2. The zero-order valence-electron chi connectivity index (χ0n) is 19.3. The topological polar surface area (TPSA) is 69.6 Å². The van der Waals surface area contributed by atoms with Gasteiger partial charge < -0.3 is 15.3 Å². The molecule has 1 saturated carbocycles. The Morgan fingerprint density at radius 2 is 1.64 bits per heavy atom. The Morgan fingerprint density at radius 1 is 0.972 bits per heavy atom. The third-order valence-corrected chi connectivity index (χ3v) is 6.81. The maximum absolute atomic E-state index is 13.8. The normalized spacial score (nSPS) is 19.7. The lowest BCUT2D eigenvalue weighted by Gasteiger charge is -2.42. The van der Waals surface area contributed by atoms with E-state index in [0.717, 1.165) is 18.9 Å². The zero-order valence-corrected chi connectivity index (χ0v) is 19.3. The fraction of sp³-hybridized carbons (Fsp3) is 0.286. The van der Waals surface area contributed by atoms with Crippen LogP contribution in [-0.4, -0.2) is 27.9 Å². The Labute approximate surface area is 206 Å². The third-order valence-electron chi connectivity index (χ3n) is 6.81. The minimum Gasteiger partial charge on any atom is -0.392 e. The number of carbonyl (C=O) groups is 2. The van der Waals surface area contributed by atoms with E-state index in [1.807, 2.05) is 0 Å². The molecule has 2 aliphatic rings. The second kappa shape index (κ2) is 9.43. The zero-order chi connectivity index (χ0) is 25.4. The fourth-order valence-corrected chi connectivity index (χ4v) is 4.88. The van der Waals surface area contributed by atoms with E-state index in [-0.39, 0.29) is 30.7 Å². The second-order valence-electron chi connectivity index (χ2n) is 9.28. The van der Waals surface area contributed by atoms with Gasteiger partial charge in [0, 0.05) is 18.2 Å². The van der Waals surface area contributed by atoms with E-state index >= 15 is 0 Å². The minimum absolute atomic E-state index is 0.0453. The number of nitrogens with one attached hydrogen (secondary N) is 1.